The molecule has 0 radical (unpaired) electrons. The molecule has 0 saturated carbocycles. The van der Waals surface area contributed by atoms with E-state index in [1.807, 2.05) is 0 Å². The van der Waals surface area contributed by atoms with Crippen molar-refractivity contribution in [1.82, 2.24) is 9.80 Å². The predicted molar refractivity (Wildman–Crippen MR) is 90.8 cm³/mol. The number of rotatable bonds is 0. The number of hydrogen-bond donors (Lipinski definition) is 0. The minimum atomic E-state index is 0. The molecule has 0 aromatic carbocycles. The first kappa shape index (κ1) is 19.8. The van der Waals surface area contributed by atoms with E-state index in [4.69, 9.17) is 49.7 Å². The largest absolute Gasteiger partial charge is 2.00 e. The fraction of sp³-hybridized carbons (Fsp3) is 0.833. The molecule has 2 nitrogen and oxygen atoms in total. The van der Waals surface area contributed by atoms with E-state index in [0.29, 0.717) is 8.64 Å². The van der Waals surface area contributed by atoms with Crippen molar-refractivity contribution in [2.24, 2.45) is 0 Å². The molecule has 2 saturated heterocycles. The molecule has 0 aromatic rings. The second kappa shape index (κ2) is 11.5. The van der Waals surface area contributed by atoms with Crippen molar-refractivity contribution >= 4 is 58.3 Å². The molecule has 2 rings (SSSR count). The third-order valence-corrected chi connectivity index (χ3v) is 4.26. The average Bonchev–Trinajstić information content (AvgIpc) is 2.41. The first-order valence-corrected chi connectivity index (χ1v) is 8.16. The molecule has 0 aliphatic carbocycles. The van der Waals surface area contributed by atoms with Crippen LogP contribution in [0.25, 0.3) is 0 Å². The Labute approximate surface area is 151 Å². The molecular weight excluding hydrogens is 366 g/mol. The zero-order valence-corrected chi connectivity index (χ0v) is 17.5. The van der Waals surface area contributed by atoms with E-state index in [-0.39, 0.29) is 19.5 Å². The topological polar surface area (TPSA) is 6.48 Å². The SMILES string of the molecule is S=C([S-])N1CCCCC1.S=C([S-])N1CCCCC1.[Zn+2]. The first-order chi connectivity index (χ1) is 8.61. The Morgan fingerprint density at radius 2 is 0.895 bits per heavy atom. The Morgan fingerprint density at radius 3 is 1.05 bits per heavy atom. The average molecular weight is 386 g/mol. The number of piperidine rings is 2. The predicted octanol–water partition coefficient (Wildman–Crippen LogP) is 2.61. The number of thiocarbonyl (C=S) groups is 2. The van der Waals surface area contributed by atoms with Crippen LogP contribution in [0.2, 0.25) is 0 Å². The molecule has 2 heterocycles. The molecule has 7 heteroatoms. The Hall–Kier alpha value is 0.843. The Kier molecular flexibility index (Phi) is 12.0. The van der Waals surface area contributed by atoms with Gasteiger partial charge in [0, 0.05) is 26.2 Å². The van der Waals surface area contributed by atoms with Crippen LogP contribution in [0.3, 0.4) is 0 Å². The summed E-state index contributed by atoms with van der Waals surface area (Å²) in [5.74, 6) is 0. The Bertz CT molecular complexity index is 249. The van der Waals surface area contributed by atoms with E-state index >= 15 is 0 Å². The summed E-state index contributed by atoms with van der Waals surface area (Å²) in [7, 11) is 0. The van der Waals surface area contributed by atoms with Gasteiger partial charge in [-0.05, 0) is 38.5 Å². The van der Waals surface area contributed by atoms with Gasteiger partial charge in [-0.25, -0.2) is 0 Å². The number of nitrogens with zero attached hydrogens (tertiary/aromatic N) is 2. The zero-order chi connectivity index (χ0) is 13.4. The summed E-state index contributed by atoms with van der Waals surface area (Å²) in [5.41, 5.74) is 0. The Balaban J connectivity index is 0.000000324. The van der Waals surface area contributed by atoms with Crippen LogP contribution in [0.4, 0.5) is 0 Å². The van der Waals surface area contributed by atoms with E-state index in [1.54, 1.807) is 0 Å². The van der Waals surface area contributed by atoms with Gasteiger partial charge in [-0.2, -0.15) is 0 Å². The monoisotopic (exact) mass is 384 g/mol. The third kappa shape index (κ3) is 8.66. The summed E-state index contributed by atoms with van der Waals surface area (Å²) < 4.78 is 1.30. The van der Waals surface area contributed by atoms with Crippen LogP contribution in [0.5, 0.6) is 0 Å². The first-order valence-electron chi connectivity index (χ1n) is 6.53. The van der Waals surface area contributed by atoms with Crippen LogP contribution in [0.1, 0.15) is 38.5 Å². The van der Waals surface area contributed by atoms with Crippen molar-refractivity contribution in [1.29, 1.82) is 0 Å². The van der Waals surface area contributed by atoms with Crippen LogP contribution < -0.4 is 0 Å². The fourth-order valence-electron chi connectivity index (χ4n) is 2.15. The van der Waals surface area contributed by atoms with Gasteiger partial charge in [0.15, 0.2) is 0 Å². The summed E-state index contributed by atoms with van der Waals surface area (Å²) in [6.45, 7) is 4.34. The smallest absolute Gasteiger partial charge is 0.411 e. The van der Waals surface area contributed by atoms with Gasteiger partial charge in [0.25, 0.3) is 0 Å². The van der Waals surface area contributed by atoms with Crippen molar-refractivity contribution in [3.8, 4) is 0 Å². The molecule has 2 aliphatic rings. The Morgan fingerprint density at radius 1 is 0.632 bits per heavy atom. The van der Waals surface area contributed by atoms with Crippen molar-refractivity contribution in [2.75, 3.05) is 26.2 Å². The quantitative estimate of drug-likeness (QED) is 0.356. The maximum absolute atomic E-state index is 4.86. The molecule has 0 N–H and O–H groups in total. The van der Waals surface area contributed by atoms with Crippen molar-refractivity contribution < 1.29 is 19.5 Å². The summed E-state index contributed by atoms with van der Waals surface area (Å²) in [5, 5.41) is 0. The van der Waals surface area contributed by atoms with E-state index in [0.717, 1.165) is 26.2 Å². The molecule has 0 amide bonds. The van der Waals surface area contributed by atoms with E-state index in [2.05, 4.69) is 9.80 Å². The van der Waals surface area contributed by atoms with Gasteiger partial charge in [-0.15, -0.1) is 0 Å². The van der Waals surface area contributed by atoms with Gasteiger partial charge in [0.1, 0.15) is 0 Å². The van der Waals surface area contributed by atoms with Crippen molar-refractivity contribution in [2.45, 2.75) is 38.5 Å². The molecule has 19 heavy (non-hydrogen) atoms. The second-order valence-corrected chi connectivity index (χ2v) is 6.69. The van der Waals surface area contributed by atoms with Crippen LogP contribution in [-0.4, -0.2) is 44.6 Å². The molecule has 0 bridgehead atoms. The molecule has 104 valence electrons. The minimum Gasteiger partial charge on any atom is -0.411 e. The molecular formula is C12H20N2S4Zn. The summed E-state index contributed by atoms with van der Waals surface area (Å²) >= 11 is 19.4. The maximum atomic E-state index is 4.86. The molecule has 2 fully saturated rings. The second-order valence-electron chi connectivity index (χ2n) is 4.63. The molecule has 0 spiro atoms. The van der Waals surface area contributed by atoms with Gasteiger partial charge in [-0.1, -0.05) is 8.64 Å². The zero-order valence-electron chi connectivity index (χ0n) is 11.3. The van der Waals surface area contributed by atoms with E-state index in [1.165, 1.54) is 38.5 Å². The number of hydrogen-bond acceptors (Lipinski definition) is 4. The van der Waals surface area contributed by atoms with Gasteiger partial charge < -0.3 is 59.5 Å². The summed E-state index contributed by atoms with van der Waals surface area (Å²) in [6, 6.07) is 0. The van der Waals surface area contributed by atoms with Crippen molar-refractivity contribution in [3.05, 3.63) is 0 Å². The fourth-order valence-corrected chi connectivity index (χ4v) is 2.88. The van der Waals surface area contributed by atoms with Crippen LogP contribution in [-0.2, 0) is 44.7 Å². The summed E-state index contributed by atoms with van der Waals surface area (Å²) in [4.78, 5) is 4.21. The normalized spacial score (nSPS) is 18.7. The van der Waals surface area contributed by atoms with Crippen LogP contribution in [0, 0.1) is 0 Å². The number of likely N-dealkylation sites (tertiary alicyclic amines) is 2. The van der Waals surface area contributed by atoms with Gasteiger partial charge in [0.05, 0.1) is 0 Å². The maximum Gasteiger partial charge on any atom is 2.00 e. The van der Waals surface area contributed by atoms with Gasteiger partial charge >= 0.3 is 19.5 Å². The molecule has 0 aromatic heterocycles. The van der Waals surface area contributed by atoms with E-state index in [9.17, 15) is 0 Å². The molecule has 2 aliphatic heterocycles. The van der Waals surface area contributed by atoms with E-state index < -0.39 is 0 Å². The summed E-state index contributed by atoms with van der Waals surface area (Å²) in [6.07, 6.45) is 7.73. The van der Waals surface area contributed by atoms with Crippen LogP contribution >= 0.6 is 24.4 Å². The molecule has 0 atom stereocenters. The third-order valence-electron chi connectivity index (χ3n) is 3.23. The standard InChI is InChI=1S/2C6H11NS2.Zn/c2*8-6(9)7-4-2-1-3-5-7;/h2*1-5H2,(H,8,9);/q;;+2/p-2. The van der Waals surface area contributed by atoms with Gasteiger partial charge in [-0.3, -0.25) is 0 Å². The van der Waals surface area contributed by atoms with Crippen molar-refractivity contribution in [3.63, 3.8) is 0 Å². The van der Waals surface area contributed by atoms with Gasteiger partial charge in [0.2, 0.25) is 0 Å². The minimum absolute atomic E-state index is 0. The molecule has 0 unspecified atom stereocenters. The van der Waals surface area contributed by atoms with Crippen LogP contribution in [0.15, 0.2) is 0 Å².